The van der Waals surface area contributed by atoms with E-state index in [-0.39, 0.29) is 18.6 Å². The van der Waals surface area contributed by atoms with Crippen LogP contribution in [0.5, 0.6) is 0 Å². The standard InChI is InChI=1S/C10H21O4P/c1-3-4-5-6-8-14-10(11)7-9-15(2,12)13/h3-9H2,1-2H3,(H,12,13). The zero-order chi connectivity index (χ0) is 11.7. The summed E-state index contributed by atoms with van der Waals surface area (Å²) in [6.07, 6.45) is 4.30. The Kier molecular flexibility index (Phi) is 7.71. The van der Waals surface area contributed by atoms with E-state index in [2.05, 4.69) is 6.92 Å². The SMILES string of the molecule is CCCCCCOC(=O)CCP(C)(=O)O. The molecule has 0 aromatic heterocycles. The summed E-state index contributed by atoms with van der Waals surface area (Å²) >= 11 is 0. The zero-order valence-corrected chi connectivity index (χ0v) is 10.5. The molecule has 1 atom stereocenters. The molecule has 0 saturated heterocycles. The number of carbonyl (C=O) groups excluding carboxylic acids is 1. The van der Waals surface area contributed by atoms with Crippen molar-refractivity contribution in [2.75, 3.05) is 19.4 Å². The van der Waals surface area contributed by atoms with Crippen molar-refractivity contribution in [3.8, 4) is 0 Å². The molecule has 0 bridgehead atoms. The Labute approximate surface area is 91.5 Å². The third kappa shape index (κ3) is 11.6. The predicted octanol–water partition coefficient (Wildman–Crippen LogP) is 2.40. The second kappa shape index (κ2) is 7.89. The summed E-state index contributed by atoms with van der Waals surface area (Å²) in [6, 6.07) is 0. The van der Waals surface area contributed by atoms with Crippen molar-refractivity contribution in [1.82, 2.24) is 0 Å². The van der Waals surface area contributed by atoms with Crippen LogP contribution in [0.4, 0.5) is 0 Å². The molecule has 0 heterocycles. The van der Waals surface area contributed by atoms with Crippen LogP contribution in [0.15, 0.2) is 0 Å². The molecule has 0 aliphatic carbocycles. The van der Waals surface area contributed by atoms with Gasteiger partial charge in [-0.2, -0.15) is 0 Å². The molecule has 1 unspecified atom stereocenters. The van der Waals surface area contributed by atoms with E-state index in [1.807, 2.05) is 0 Å². The largest absolute Gasteiger partial charge is 0.466 e. The Bertz CT molecular complexity index is 221. The number of hydrogen-bond acceptors (Lipinski definition) is 3. The molecule has 1 N–H and O–H groups in total. The van der Waals surface area contributed by atoms with Crippen LogP contribution in [0.2, 0.25) is 0 Å². The topological polar surface area (TPSA) is 63.6 Å². The molecule has 4 nitrogen and oxygen atoms in total. The summed E-state index contributed by atoms with van der Waals surface area (Å²) in [5.74, 6) is -0.373. The van der Waals surface area contributed by atoms with Crippen LogP contribution in [0, 0.1) is 0 Å². The number of unbranched alkanes of at least 4 members (excludes halogenated alkanes) is 3. The molecule has 0 aliphatic rings. The predicted molar refractivity (Wildman–Crippen MR) is 60.3 cm³/mol. The summed E-state index contributed by atoms with van der Waals surface area (Å²) in [5.41, 5.74) is 0. The van der Waals surface area contributed by atoms with Crippen molar-refractivity contribution in [3.05, 3.63) is 0 Å². The van der Waals surface area contributed by atoms with Crippen LogP contribution in [0.1, 0.15) is 39.0 Å². The first-order valence-corrected chi connectivity index (χ1v) is 7.70. The highest BCUT2D eigenvalue weighted by Gasteiger charge is 2.13. The highest BCUT2D eigenvalue weighted by atomic mass is 31.2. The van der Waals surface area contributed by atoms with E-state index >= 15 is 0 Å². The molecule has 0 aromatic carbocycles. The van der Waals surface area contributed by atoms with Gasteiger partial charge in [0.05, 0.1) is 13.0 Å². The van der Waals surface area contributed by atoms with E-state index in [0.717, 1.165) is 25.7 Å². The fourth-order valence-electron chi connectivity index (χ4n) is 1.09. The van der Waals surface area contributed by atoms with Crippen LogP contribution in [-0.4, -0.2) is 30.3 Å². The van der Waals surface area contributed by atoms with Crippen LogP contribution in [-0.2, 0) is 14.1 Å². The van der Waals surface area contributed by atoms with Gasteiger partial charge in [0.2, 0.25) is 0 Å². The molecule has 0 radical (unpaired) electrons. The Morgan fingerprint density at radius 3 is 2.53 bits per heavy atom. The molecule has 90 valence electrons. The molecule has 5 heteroatoms. The van der Waals surface area contributed by atoms with E-state index in [1.54, 1.807) is 0 Å². The molecule has 0 fully saturated rings. The lowest BCUT2D eigenvalue weighted by molar-refractivity contribution is -0.143. The fraction of sp³-hybridized carbons (Fsp3) is 0.900. The van der Waals surface area contributed by atoms with Crippen molar-refractivity contribution in [2.45, 2.75) is 39.0 Å². The van der Waals surface area contributed by atoms with Gasteiger partial charge in [0.1, 0.15) is 0 Å². The van der Waals surface area contributed by atoms with Gasteiger partial charge in [0.25, 0.3) is 0 Å². The summed E-state index contributed by atoms with van der Waals surface area (Å²) in [6.45, 7) is 3.80. The monoisotopic (exact) mass is 236 g/mol. The average molecular weight is 236 g/mol. The first-order chi connectivity index (χ1) is 6.95. The van der Waals surface area contributed by atoms with Crippen LogP contribution in [0.25, 0.3) is 0 Å². The second-order valence-electron chi connectivity index (χ2n) is 3.81. The number of hydrogen-bond donors (Lipinski definition) is 1. The number of ether oxygens (including phenoxy) is 1. The highest BCUT2D eigenvalue weighted by Crippen LogP contribution is 2.35. The first-order valence-electron chi connectivity index (χ1n) is 5.40. The lowest BCUT2D eigenvalue weighted by Crippen LogP contribution is -2.07. The van der Waals surface area contributed by atoms with Crippen LogP contribution >= 0.6 is 7.37 Å². The second-order valence-corrected chi connectivity index (χ2v) is 6.35. The molecule has 0 aromatic rings. The van der Waals surface area contributed by atoms with Crippen molar-refractivity contribution < 1.29 is 19.0 Å². The average Bonchev–Trinajstić information content (AvgIpc) is 2.13. The number of esters is 1. The smallest absolute Gasteiger partial charge is 0.306 e. The molecule has 0 aliphatic heterocycles. The Morgan fingerprint density at radius 2 is 2.00 bits per heavy atom. The van der Waals surface area contributed by atoms with Gasteiger partial charge < -0.3 is 9.63 Å². The van der Waals surface area contributed by atoms with Crippen molar-refractivity contribution in [2.24, 2.45) is 0 Å². The third-order valence-corrected chi connectivity index (χ3v) is 3.05. The van der Waals surface area contributed by atoms with Gasteiger partial charge in [0.15, 0.2) is 7.37 Å². The lowest BCUT2D eigenvalue weighted by Gasteiger charge is -2.06. The van der Waals surface area contributed by atoms with Gasteiger partial charge in [-0.15, -0.1) is 0 Å². The van der Waals surface area contributed by atoms with Gasteiger partial charge in [-0.3, -0.25) is 9.36 Å². The van der Waals surface area contributed by atoms with E-state index in [0.29, 0.717) is 6.61 Å². The molecule has 0 saturated carbocycles. The van der Waals surface area contributed by atoms with Gasteiger partial charge in [0, 0.05) is 12.8 Å². The molecule has 0 amide bonds. The van der Waals surface area contributed by atoms with Crippen LogP contribution < -0.4 is 0 Å². The van der Waals surface area contributed by atoms with Crippen molar-refractivity contribution >= 4 is 13.3 Å². The maximum absolute atomic E-state index is 11.1. The fourth-order valence-corrected chi connectivity index (χ4v) is 1.68. The molecule has 15 heavy (non-hydrogen) atoms. The Balaban J connectivity index is 3.38. The maximum Gasteiger partial charge on any atom is 0.306 e. The summed E-state index contributed by atoms with van der Waals surface area (Å²) < 4.78 is 15.8. The maximum atomic E-state index is 11.1. The summed E-state index contributed by atoms with van der Waals surface area (Å²) in [7, 11) is -3.07. The van der Waals surface area contributed by atoms with E-state index in [4.69, 9.17) is 9.63 Å². The van der Waals surface area contributed by atoms with Gasteiger partial charge >= 0.3 is 5.97 Å². The molecular weight excluding hydrogens is 215 g/mol. The minimum atomic E-state index is -3.07. The first kappa shape index (κ1) is 14.7. The summed E-state index contributed by atoms with van der Waals surface area (Å²) in [4.78, 5) is 20.0. The third-order valence-electron chi connectivity index (χ3n) is 1.99. The van der Waals surface area contributed by atoms with Gasteiger partial charge in [-0.1, -0.05) is 26.2 Å². The minimum absolute atomic E-state index is 0.0147. The highest BCUT2D eigenvalue weighted by molar-refractivity contribution is 7.57. The number of carbonyl (C=O) groups is 1. The van der Waals surface area contributed by atoms with E-state index < -0.39 is 7.37 Å². The van der Waals surface area contributed by atoms with Crippen LogP contribution in [0.3, 0.4) is 0 Å². The molecular formula is C10H21O4P. The summed E-state index contributed by atoms with van der Waals surface area (Å²) in [5, 5.41) is 0. The minimum Gasteiger partial charge on any atom is -0.466 e. The zero-order valence-electron chi connectivity index (χ0n) is 9.57. The van der Waals surface area contributed by atoms with Gasteiger partial charge in [-0.25, -0.2) is 0 Å². The van der Waals surface area contributed by atoms with E-state index in [9.17, 15) is 9.36 Å². The molecule has 0 rings (SSSR count). The van der Waals surface area contributed by atoms with E-state index in [1.165, 1.54) is 6.66 Å². The Hall–Kier alpha value is -0.340. The van der Waals surface area contributed by atoms with Crippen molar-refractivity contribution in [3.63, 3.8) is 0 Å². The van der Waals surface area contributed by atoms with Gasteiger partial charge in [-0.05, 0) is 6.42 Å². The number of rotatable bonds is 8. The Morgan fingerprint density at radius 1 is 1.33 bits per heavy atom. The van der Waals surface area contributed by atoms with Crippen molar-refractivity contribution in [1.29, 1.82) is 0 Å². The molecule has 0 spiro atoms. The quantitative estimate of drug-likeness (QED) is 0.399. The normalized spacial score (nSPS) is 14.6. The lowest BCUT2D eigenvalue weighted by atomic mass is 10.2.